The van der Waals surface area contributed by atoms with Crippen LogP contribution in [0.3, 0.4) is 0 Å². The summed E-state index contributed by atoms with van der Waals surface area (Å²) in [6, 6.07) is 17.7. The summed E-state index contributed by atoms with van der Waals surface area (Å²) in [4.78, 5) is 4.70. The summed E-state index contributed by atoms with van der Waals surface area (Å²) < 4.78 is 27.5. The van der Waals surface area contributed by atoms with Gasteiger partial charge in [0.05, 0.1) is 35.6 Å². The van der Waals surface area contributed by atoms with Crippen LogP contribution < -0.4 is 0 Å². The molecule has 0 N–H and O–H groups in total. The van der Waals surface area contributed by atoms with Gasteiger partial charge >= 0.3 is 0 Å². The summed E-state index contributed by atoms with van der Waals surface area (Å²) in [5.74, 6) is -0.501. The van der Waals surface area contributed by atoms with E-state index < -0.39 is 18.1 Å². The molecule has 1 radical (unpaired) electrons. The molecule has 4 nitrogen and oxygen atoms in total. The predicted molar refractivity (Wildman–Crippen MR) is 156 cm³/mol. The monoisotopic (exact) mass is 616 g/mol. The smallest absolute Gasteiger partial charge is 0.164 e. The fourth-order valence-electron chi connectivity index (χ4n) is 3.62. The summed E-state index contributed by atoms with van der Waals surface area (Å²) in [7, 11) is 3.24. The molecule has 3 aromatic carbocycles. The van der Waals surface area contributed by atoms with E-state index in [9.17, 15) is 0 Å². The lowest BCUT2D eigenvalue weighted by molar-refractivity contribution is -0.0167. The Morgan fingerprint density at radius 2 is 1.42 bits per heavy atom. The van der Waals surface area contributed by atoms with Gasteiger partial charge in [-0.3, -0.25) is 0 Å². The molecular formula is C27H25BCl5FNO3. The molecule has 0 fully saturated rings. The largest absolute Gasteiger partial charge is 0.399 e. The van der Waals surface area contributed by atoms with Crippen LogP contribution in [-0.2, 0) is 33.8 Å². The highest BCUT2D eigenvalue weighted by molar-refractivity contribution is 6.44. The number of rotatable bonds is 14. The molecule has 0 saturated heterocycles. The third kappa shape index (κ3) is 9.91. The molecule has 0 aliphatic rings. The average molecular weight is 619 g/mol. The summed E-state index contributed by atoms with van der Waals surface area (Å²) in [6.07, 6.45) is -1.10. The highest BCUT2D eigenvalue weighted by Crippen LogP contribution is 2.31. The second-order valence-electron chi connectivity index (χ2n) is 8.39. The molecule has 3 rings (SSSR count). The van der Waals surface area contributed by atoms with Gasteiger partial charge in [-0.05, 0) is 58.9 Å². The Kier molecular flexibility index (Phi) is 13.0. The lowest BCUT2D eigenvalue weighted by atomic mass is 9.58. The second-order valence-corrected chi connectivity index (χ2v) is 10.5. The number of benzene rings is 3. The van der Waals surface area contributed by atoms with Gasteiger partial charge in [0.1, 0.15) is 14.4 Å². The standard InChI is InChI=1S/C27H25BCl5FNO3/c1-36-35-13-26(34)27(38-15-18-4-8-21(30)9-5-18)22(16-37-14-17-2-6-20(29)7-3-17)28-12-19-10-24(32)25(33)11-23(19)31/h2-11,13,22,26-27H,12,14-16H2,1H3/b35-13-/t22-,26-,27-/m1/s1. The van der Waals surface area contributed by atoms with E-state index in [0.29, 0.717) is 38.0 Å². The van der Waals surface area contributed by atoms with Crippen molar-refractivity contribution in [2.24, 2.45) is 5.16 Å². The molecule has 0 aromatic heterocycles. The molecule has 201 valence electrons. The number of oxime groups is 1. The van der Waals surface area contributed by atoms with E-state index in [4.69, 9.17) is 72.3 Å². The van der Waals surface area contributed by atoms with Crippen molar-refractivity contribution < 1.29 is 18.7 Å². The van der Waals surface area contributed by atoms with Gasteiger partial charge in [0.25, 0.3) is 0 Å². The predicted octanol–water partition coefficient (Wildman–Crippen LogP) is 8.72. The molecule has 0 heterocycles. The summed E-state index contributed by atoms with van der Waals surface area (Å²) in [5.41, 5.74) is 2.50. The van der Waals surface area contributed by atoms with Gasteiger partial charge in [-0.25, -0.2) is 4.39 Å². The van der Waals surface area contributed by atoms with Gasteiger partial charge < -0.3 is 14.3 Å². The van der Waals surface area contributed by atoms with Gasteiger partial charge in [0.2, 0.25) is 0 Å². The molecule has 11 heteroatoms. The van der Waals surface area contributed by atoms with E-state index in [0.717, 1.165) is 22.9 Å². The van der Waals surface area contributed by atoms with Crippen LogP contribution in [-0.4, -0.2) is 39.5 Å². The molecule has 0 aliphatic carbocycles. The van der Waals surface area contributed by atoms with Crippen molar-refractivity contribution in [1.29, 1.82) is 0 Å². The minimum atomic E-state index is -1.59. The minimum Gasteiger partial charge on any atom is -0.399 e. The quantitative estimate of drug-likeness (QED) is 0.0786. The number of ether oxygens (including phenoxy) is 2. The van der Waals surface area contributed by atoms with Crippen molar-refractivity contribution in [2.45, 2.75) is 37.6 Å². The van der Waals surface area contributed by atoms with Crippen molar-refractivity contribution in [1.82, 2.24) is 0 Å². The van der Waals surface area contributed by atoms with E-state index in [-0.39, 0.29) is 13.2 Å². The Morgan fingerprint density at radius 1 is 0.842 bits per heavy atom. The number of alkyl halides is 1. The molecule has 0 unspecified atom stereocenters. The van der Waals surface area contributed by atoms with Gasteiger partial charge in [-0.2, -0.15) is 0 Å². The maximum atomic E-state index is 15.5. The van der Waals surface area contributed by atoms with Crippen molar-refractivity contribution in [3.63, 3.8) is 0 Å². The van der Waals surface area contributed by atoms with Gasteiger partial charge in [0, 0.05) is 21.7 Å². The van der Waals surface area contributed by atoms with Crippen LogP contribution in [0.25, 0.3) is 0 Å². The maximum absolute atomic E-state index is 15.5. The highest BCUT2D eigenvalue weighted by atomic mass is 35.5. The van der Waals surface area contributed by atoms with Crippen molar-refractivity contribution in [2.75, 3.05) is 13.7 Å². The SMILES string of the molecule is CO/N=C\[C@@H](F)[C@H](OCc1ccc(Cl)cc1)[C@H]([B]Cc1cc(Cl)c(Cl)cc1Cl)COCc1ccc(Cl)cc1. The zero-order valence-electron chi connectivity index (χ0n) is 20.4. The van der Waals surface area contributed by atoms with E-state index in [1.165, 1.54) is 7.11 Å². The third-order valence-electron chi connectivity index (χ3n) is 5.62. The average Bonchev–Trinajstić information content (AvgIpc) is 2.90. The zero-order valence-corrected chi connectivity index (χ0v) is 24.2. The summed E-state index contributed by atoms with van der Waals surface area (Å²) >= 11 is 30.6. The maximum Gasteiger partial charge on any atom is 0.164 e. The topological polar surface area (TPSA) is 40.0 Å². The van der Waals surface area contributed by atoms with Crippen LogP contribution in [0.1, 0.15) is 16.7 Å². The molecule has 0 spiro atoms. The fraction of sp³-hybridized carbons (Fsp3) is 0.296. The van der Waals surface area contributed by atoms with Crippen LogP contribution in [0.2, 0.25) is 30.9 Å². The number of nitrogens with zero attached hydrogens (tertiary/aromatic N) is 1. The highest BCUT2D eigenvalue weighted by Gasteiger charge is 2.31. The van der Waals surface area contributed by atoms with Crippen molar-refractivity contribution in [3.05, 3.63) is 102 Å². The number of hydrogen-bond donors (Lipinski definition) is 0. The first-order chi connectivity index (χ1) is 18.3. The van der Waals surface area contributed by atoms with Crippen LogP contribution >= 0.6 is 58.0 Å². The van der Waals surface area contributed by atoms with E-state index in [2.05, 4.69) is 5.16 Å². The van der Waals surface area contributed by atoms with Crippen LogP contribution in [0.4, 0.5) is 4.39 Å². The normalized spacial score (nSPS) is 13.9. The van der Waals surface area contributed by atoms with Crippen LogP contribution in [0.15, 0.2) is 65.8 Å². The lowest BCUT2D eigenvalue weighted by Crippen LogP contribution is -2.37. The van der Waals surface area contributed by atoms with E-state index in [1.807, 2.05) is 31.5 Å². The number of hydrogen-bond acceptors (Lipinski definition) is 4. The molecular weight excluding hydrogens is 593 g/mol. The molecule has 38 heavy (non-hydrogen) atoms. The Morgan fingerprint density at radius 3 is 2.03 bits per heavy atom. The Labute approximate surface area is 248 Å². The second kappa shape index (κ2) is 15.9. The fourth-order valence-corrected chi connectivity index (χ4v) is 4.52. The van der Waals surface area contributed by atoms with Gasteiger partial charge in [0.15, 0.2) is 6.17 Å². The molecule has 0 saturated carbocycles. The van der Waals surface area contributed by atoms with Gasteiger partial charge in [-0.15, -0.1) is 0 Å². The van der Waals surface area contributed by atoms with Crippen LogP contribution in [0.5, 0.6) is 0 Å². The zero-order chi connectivity index (χ0) is 27.5. The molecule has 0 amide bonds. The van der Waals surface area contributed by atoms with Crippen LogP contribution in [0, 0.1) is 0 Å². The summed E-state index contributed by atoms with van der Waals surface area (Å²) in [5, 5.41) is 6.02. The minimum absolute atomic E-state index is 0.151. The van der Waals surface area contributed by atoms with Crippen molar-refractivity contribution in [3.8, 4) is 0 Å². The number of halogens is 6. The van der Waals surface area contributed by atoms with Crippen molar-refractivity contribution >= 4 is 71.5 Å². The van der Waals surface area contributed by atoms with E-state index >= 15 is 4.39 Å². The Bertz CT molecular complexity index is 1180. The molecule has 0 aliphatic heterocycles. The molecule has 0 bridgehead atoms. The third-order valence-corrected chi connectivity index (χ3v) is 7.20. The Hall–Kier alpha value is -1.51. The first kappa shape index (κ1) is 31.0. The first-order valence-electron chi connectivity index (χ1n) is 11.6. The first-order valence-corrected chi connectivity index (χ1v) is 13.5. The van der Waals surface area contributed by atoms with Gasteiger partial charge in [-0.1, -0.05) is 93.7 Å². The lowest BCUT2D eigenvalue weighted by Gasteiger charge is -2.28. The molecule has 3 aromatic rings. The molecule has 3 atom stereocenters. The summed E-state index contributed by atoms with van der Waals surface area (Å²) in [6.45, 7) is 0.619. The van der Waals surface area contributed by atoms with E-state index in [1.54, 1.807) is 36.4 Å². The Balaban J connectivity index is 1.80.